The van der Waals surface area contributed by atoms with Crippen LogP contribution in [0.25, 0.3) is 11.0 Å². The number of benzene rings is 2. The number of nitrogens with zero attached hydrogens (tertiary/aromatic N) is 2. The lowest BCUT2D eigenvalue weighted by molar-refractivity contribution is 0.0702. The van der Waals surface area contributed by atoms with Crippen molar-refractivity contribution < 1.29 is 14.6 Å². The molecular formula is C20H21N3O3. The van der Waals surface area contributed by atoms with Gasteiger partial charge in [0.15, 0.2) is 0 Å². The molecule has 1 fully saturated rings. The summed E-state index contributed by atoms with van der Waals surface area (Å²) >= 11 is 0. The van der Waals surface area contributed by atoms with Crippen LogP contribution in [-0.4, -0.2) is 46.1 Å². The largest absolute Gasteiger partial charge is 0.507 e. The number of piperidine rings is 1. The molecule has 26 heavy (non-hydrogen) atoms. The molecular weight excluding hydrogens is 330 g/mol. The fourth-order valence-electron chi connectivity index (χ4n) is 3.54. The quantitative estimate of drug-likeness (QED) is 0.759. The van der Waals surface area contributed by atoms with Gasteiger partial charge in [-0.05, 0) is 37.1 Å². The molecule has 6 heteroatoms. The zero-order valence-electron chi connectivity index (χ0n) is 14.6. The zero-order valence-corrected chi connectivity index (χ0v) is 14.6. The van der Waals surface area contributed by atoms with Gasteiger partial charge in [0.2, 0.25) is 0 Å². The lowest BCUT2D eigenvalue weighted by Crippen LogP contribution is -2.39. The normalized spacial score (nSPS) is 17.4. The number of hydrogen-bond donors (Lipinski definition) is 2. The Hall–Kier alpha value is -3.02. The molecule has 2 N–H and O–H groups in total. The van der Waals surface area contributed by atoms with E-state index in [9.17, 15) is 9.90 Å². The number of ether oxygens (including phenoxy) is 1. The number of aromatic amines is 1. The summed E-state index contributed by atoms with van der Waals surface area (Å²) in [6, 6.07) is 12.7. The molecule has 0 radical (unpaired) electrons. The highest BCUT2D eigenvalue weighted by Gasteiger charge is 2.28. The Morgan fingerprint density at radius 2 is 2.15 bits per heavy atom. The van der Waals surface area contributed by atoms with Crippen LogP contribution in [0.5, 0.6) is 11.5 Å². The van der Waals surface area contributed by atoms with Crippen molar-refractivity contribution in [2.45, 2.75) is 18.8 Å². The molecule has 0 bridgehead atoms. The first-order chi connectivity index (χ1) is 12.7. The second kappa shape index (κ2) is 6.71. The van der Waals surface area contributed by atoms with Crippen molar-refractivity contribution in [1.29, 1.82) is 0 Å². The summed E-state index contributed by atoms with van der Waals surface area (Å²) in [7, 11) is 1.53. The number of methoxy groups -OCH3 is 1. The van der Waals surface area contributed by atoms with E-state index >= 15 is 0 Å². The highest BCUT2D eigenvalue weighted by atomic mass is 16.5. The minimum atomic E-state index is -0.161. The number of phenols is 1. The zero-order chi connectivity index (χ0) is 18.1. The molecule has 1 aromatic heterocycles. The third-order valence-electron chi connectivity index (χ3n) is 4.94. The molecule has 1 amide bonds. The molecule has 3 aromatic rings. The summed E-state index contributed by atoms with van der Waals surface area (Å²) in [6.45, 7) is 1.27. The third-order valence-corrected chi connectivity index (χ3v) is 4.94. The van der Waals surface area contributed by atoms with Crippen LogP contribution in [0.4, 0.5) is 0 Å². The van der Waals surface area contributed by atoms with Gasteiger partial charge in [0.25, 0.3) is 5.91 Å². The third kappa shape index (κ3) is 2.98. The summed E-state index contributed by atoms with van der Waals surface area (Å²) in [4.78, 5) is 22.7. The highest BCUT2D eigenvalue weighted by molar-refractivity contribution is 5.97. The lowest BCUT2D eigenvalue weighted by atomic mass is 9.96. The van der Waals surface area contributed by atoms with Gasteiger partial charge in [-0.1, -0.05) is 12.1 Å². The van der Waals surface area contributed by atoms with E-state index in [2.05, 4.69) is 9.97 Å². The fourth-order valence-corrected chi connectivity index (χ4v) is 3.54. The van der Waals surface area contributed by atoms with Gasteiger partial charge in [0, 0.05) is 25.1 Å². The van der Waals surface area contributed by atoms with E-state index in [4.69, 9.17) is 4.74 Å². The van der Waals surface area contributed by atoms with Crippen molar-refractivity contribution in [3.05, 3.63) is 53.9 Å². The van der Waals surface area contributed by atoms with E-state index in [0.29, 0.717) is 24.4 Å². The number of nitrogens with one attached hydrogen (secondary N) is 1. The molecule has 1 saturated heterocycles. The van der Waals surface area contributed by atoms with Crippen LogP contribution < -0.4 is 4.74 Å². The lowest BCUT2D eigenvalue weighted by Gasteiger charge is -2.32. The number of aromatic nitrogens is 2. The smallest absolute Gasteiger partial charge is 0.257 e. The number of aromatic hydroxyl groups is 1. The number of carbonyl (C=O) groups is 1. The molecule has 0 spiro atoms. The topological polar surface area (TPSA) is 78.5 Å². The predicted molar refractivity (Wildman–Crippen MR) is 98.6 cm³/mol. The molecule has 4 rings (SSSR count). The van der Waals surface area contributed by atoms with Crippen LogP contribution in [0.15, 0.2) is 42.5 Å². The summed E-state index contributed by atoms with van der Waals surface area (Å²) in [5.74, 6) is 1.40. The molecule has 1 unspecified atom stereocenters. The molecule has 1 atom stereocenters. The Bertz CT molecular complexity index is 917. The molecule has 6 nitrogen and oxygen atoms in total. The molecule has 0 aliphatic carbocycles. The van der Waals surface area contributed by atoms with Crippen molar-refractivity contribution in [3.63, 3.8) is 0 Å². The van der Waals surface area contributed by atoms with Gasteiger partial charge in [-0.3, -0.25) is 4.79 Å². The van der Waals surface area contributed by atoms with E-state index in [1.807, 2.05) is 24.3 Å². The molecule has 2 aromatic carbocycles. The number of carbonyl (C=O) groups excluding carboxylic acids is 1. The van der Waals surface area contributed by atoms with Crippen LogP contribution in [-0.2, 0) is 0 Å². The summed E-state index contributed by atoms with van der Waals surface area (Å²) in [6.07, 6.45) is 1.89. The number of likely N-dealkylation sites (tertiary alicyclic amines) is 1. The molecule has 1 aliphatic heterocycles. The van der Waals surface area contributed by atoms with Gasteiger partial charge in [-0.15, -0.1) is 0 Å². The average molecular weight is 351 g/mol. The highest BCUT2D eigenvalue weighted by Crippen LogP contribution is 2.30. The SMILES string of the molecule is COc1ccc(C(=O)N2CCCC(c3nc4ccccc4[nH]3)C2)c(O)c1. The average Bonchev–Trinajstić information content (AvgIpc) is 3.12. The Labute approximate surface area is 151 Å². The number of imidazole rings is 1. The number of amides is 1. The summed E-state index contributed by atoms with van der Waals surface area (Å²) < 4.78 is 5.08. The van der Waals surface area contributed by atoms with E-state index < -0.39 is 0 Å². The van der Waals surface area contributed by atoms with Gasteiger partial charge in [0.1, 0.15) is 17.3 Å². The first-order valence-electron chi connectivity index (χ1n) is 8.76. The Morgan fingerprint density at radius 3 is 2.92 bits per heavy atom. The van der Waals surface area contributed by atoms with Crippen LogP contribution >= 0.6 is 0 Å². The van der Waals surface area contributed by atoms with Crippen LogP contribution in [0, 0.1) is 0 Å². The predicted octanol–water partition coefficient (Wildman–Crippen LogP) is 3.30. The minimum Gasteiger partial charge on any atom is -0.507 e. The Morgan fingerprint density at radius 1 is 1.31 bits per heavy atom. The standard InChI is InChI=1S/C20H21N3O3/c1-26-14-8-9-15(18(24)11-14)20(25)23-10-4-5-13(12-23)19-21-16-6-2-3-7-17(16)22-19/h2-3,6-9,11,13,24H,4-5,10,12H2,1H3,(H,21,22). The fraction of sp³-hybridized carbons (Fsp3) is 0.300. The summed E-state index contributed by atoms with van der Waals surface area (Å²) in [5.41, 5.74) is 2.26. The van der Waals surface area contributed by atoms with Gasteiger partial charge in [-0.25, -0.2) is 4.98 Å². The van der Waals surface area contributed by atoms with E-state index in [0.717, 1.165) is 29.7 Å². The Balaban J connectivity index is 1.55. The van der Waals surface area contributed by atoms with Gasteiger partial charge < -0.3 is 19.7 Å². The molecule has 1 aliphatic rings. The minimum absolute atomic E-state index is 0.0554. The van der Waals surface area contributed by atoms with Crippen molar-refractivity contribution in [1.82, 2.24) is 14.9 Å². The Kier molecular flexibility index (Phi) is 4.24. The molecule has 0 saturated carbocycles. The van der Waals surface area contributed by atoms with Crippen molar-refractivity contribution in [2.24, 2.45) is 0 Å². The number of fused-ring (bicyclic) bond motifs is 1. The van der Waals surface area contributed by atoms with Gasteiger partial charge in [0.05, 0.1) is 23.7 Å². The van der Waals surface area contributed by atoms with Crippen molar-refractivity contribution in [3.8, 4) is 11.5 Å². The maximum Gasteiger partial charge on any atom is 0.257 e. The molecule has 2 heterocycles. The summed E-state index contributed by atoms with van der Waals surface area (Å²) in [5, 5.41) is 10.2. The van der Waals surface area contributed by atoms with Crippen LogP contribution in [0.3, 0.4) is 0 Å². The second-order valence-electron chi connectivity index (χ2n) is 6.61. The molecule has 134 valence electrons. The van der Waals surface area contributed by atoms with E-state index in [-0.39, 0.29) is 17.6 Å². The van der Waals surface area contributed by atoms with Crippen molar-refractivity contribution >= 4 is 16.9 Å². The first kappa shape index (κ1) is 16.4. The second-order valence-corrected chi connectivity index (χ2v) is 6.61. The number of para-hydroxylation sites is 2. The number of phenolic OH excluding ortho intramolecular Hbond substituents is 1. The van der Waals surface area contributed by atoms with Crippen LogP contribution in [0.1, 0.15) is 34.9 Å². The van der Waals surface area contributed by atoms with Gasteiger partial charge in [-0.2, -0.15) is 0 Å². The van der Waals surface area contributed by atoms with Crippen LogP contribution in [0.2, 0.25) is 0 Å². The number of hydrogen-bond acceptors (Lipinski definition) is 4. The number of H-pyrrole nitrogens is 1. The van der Waals surface area contributed by atoms with E-state index in [1.54, 1.807) is 17.0 Å². The van der Waals surface area contributed by atoms with Crippen molar-refractivity contribution in [2.75, 3.05) is 20.2 Å². The monoisotopic (exact) mass is 351 g/mol. The maximum absolute atomic E-state index is 12.9. The number of rotatable bonds is 3. The maximum atomic E-state index is 12.9. The first-order valence-corrected chi connectivity index (χ1v) is 8.76. The van der Waals surface area contributed by atoms with E-state index in [1.165, 1.54) is 13.2 Å². The van der Waals surface area contributed by atoms with Gasteiger partial charge >= 0.3 is 0 Å².